The second kappa shape index (κ2) is 2.29. The van der Waals surface area contributed by atoms with Gasteiger partial charge >= 0.3 is 0 Å². The average Bonchev–Trinajstić information content (AvgIpc) is 2.28. The molecule has 12 heavy (non-hydrogen) atoms. The van der Waals surface area contributed by atoms with Gasteiger partial charge in [0.2, 0.25) is 0 Å². The van der Waals surface area contributed by atoms with Crippen molar-refractivity contribution in [1.82, 2.24) is 0 Å². The van der Waals surface area contributed by atoms with Crippen LogP contribution in [0.1, 0.15) is 19.4 Å². The summed E-state index contributed by atoms with van der Waals surface area (Å²) in [5, 5.41) is 0. The van der Waals surface area contributed by atoms with Gasteiger partial charge in [-0.05, 0) is 6.07 Å². The first-order valence-corrected chi connectivity index (χ1v) is 4.33. The van der Waals surface area contributed by atoms with E-state index in [0.29, 0.717) is 0 Å². The molecule has 0 atom stereocenters. The molecule has 0 unspecified atom stereocenters. The quantitative estimate of drug-likeness (QED) is 0.505. The van der Waals surface area contributed by atoms with Gasteiger partial charge in [-0.3, -0.25) is 0 Å². The van der Waals surface area contributed by atoms with Crippen LogP contribution in [0.15, 0.2) is 18.2 Å². The SMILES string of the molecule is Bc1ccc2c(c1)C(C)(C)CO2. The van der Waals surface area contributed by atoms with E-state index >= 15 is 0 Å². The number of hydrogen-bond donors (Lipinski definition) is 0. The second-order valence-corrected chi connectivity index (χ2v) is 4.17. The Morgan fingerprint density at radius 3 is 2.92 bits per heavy atom. The van der Waals surface area contributed by atoms with Gasteiger partial charge in [0.05, 0.1) is 6.61 Å². The predicted molar refractivity (Wildman–Crippen MR) is 53.1 cm³/mol. The maximum Gasteiger partial charge on any atom is 0.139 e. The molecular formula is C10H13BO. The van der Waals surface area contributed by atoms with Crippen LogP contribution in [0.5, 0.6) is 5.75 Å². The standard InChI is InChI=1S/C10H13BO/c1-10(2)6-12-9-4-3-7(11)5-8(9)10/h3-5H,6,11H2,1-2H3. The van der Waals surface area contributed by atoms with Gasteiger partial charge in [0.25, 0.3) is 0 Å². The molecule has 1 nitrogen and oxygen atoms in total. The Bertz CT molecular complexity index is 318. The van der Waals surface area contributed by atoms with Crippen molar-refractivity contribution >= 4 is 13.3 Å². The van der Waals surface area contributed by atoms with E-state index in [0.717, 1.165) is 12.4 Å². The zero-order valence-electron chi connectivity index (χ0n) is 7.85. The Balaban J connectivity index is 2.57. The Kier molecular flexibility index (Phi) is 1.47. The highest BCUT2D eigenvalue weighted by Gasteiger charge is 2.31. The molecule has 0 N–H and O–H groups in total. The fourth-order valence-electron chi connectivity index (χ4n) is 1.63. The molecule has 1 aromatic rings. The van der Waals surface area contributed by atoms with Crippen LogP contribution < -0.4 is 10.2 Å². The normalized spacial score (nSPS) is 18.5. The summed E-state index contributed by atoms with van der Waals surface area (Å²) >= 11 is 0. The molecular weight excluding hydrogens is 147 g/mol. The topological polar surface area (TPSA) is 9.23 Å². The van der Waals surface area contributed by atoms with E-state index in [1.54, 1.807) is 0 Å². The first kappa shape index (κ1) is 7.72. The van der Waals surface area contributed by atoms with Gasteiger partial charge in [0, 0.05) is 11.0 Å². The summed E-state index contributed by atoms with van der Waals surface area (Å²) in [5.41, 5.74) is 2.86. The highest BCUT2D eigenvalue weighted by atomic mass is 16.5. The van der Waals surface area contributed by atoms with Crippen LogP contribution in [0.4, 0.5) is 0 Å². The third kappa shape index (κ3) is 1.02. The van der Waals surface area contributed by atoms with Crippen molar-refractivity contribution in [3.63, 3.8) is 0 Å². The highest BCUT2D eigenvalue weighted by Crippen LogP contribution is 2.36. The predicted octanol–water partition coefficient (Wildman–Crippen LogP) is 0.615. The minimum atomic E-state index is 0.196. The summed E-state index contributed by atoms with van der Waals surface area (Å²) < 4.78 is 5.57. The average molecular weight is 160 g/mol. The molecule has 1 aromatic carbocycles. The smallest absolute Gasteiger partial charge is 0.139 e. The fraction of sp³-hybridized carbons (Fsp3) is 0.400. The van der Waals surface area contributed by atoms with E-state index in [-0.39, 0.29) is 5.41 Å². The minimum Gasteiger partial charge on any atom is -0.492 e. The molecule has 0 amide bonds. The molecule has 1 heterocycles. The summed E-state index contributed by atoms with van der Waals surface area (Å²) in [6.07, 6.45) is 0. The van der Waals surface area contributed by atoms with Crippen molar-refractivity contribution in [2.45, 2.75) is 19.3 Å². The van der Waals surface area contributed by atoms with Gasteiger partial charge < -0.3 is 4.74 Å². The summed E-state index contributed by atoms with van der Waals surface area (Å²) in [4.78, 5) is 0. The van der Waals surface area contributed by atoms with E-state index in [4.69, 9.17) is 4.74 Å². The fourth-order valence-corrected chi connectivity index (χ4v) is 1.63. The van der Waals surface area contributed by atoms with Gasteiger partial charge in [-0.1, -0.05) is 31.4 Å². The Morgan fingerprint density at radius 1 is 1.42 bits per heavy atom. The van der Waals surface area contributed by atoms with Gasteiger partial charge in [-0.2, -0.15) is 0 Å². The molecule has 2 rings (SSSR count). The zero-order valence-corrected chi connectivity index (χ0v) is 7.85. The lowest BCUT2D eigenvalue weighted by Crippen LogP contribution is -2.19. The number of hydrogen-bond acceptors (Lipinski definition) is 1. The summed E-state index contributed by atoms with van der Waals surface area (Å²) in [5.74, 6) is 1.06. The van der Waals surface area contributed by atoms with Crippen molar-refractivity contribution in [3.05, 3.63) is 23.8 Å². The summed E-state index contributed by atoms with van der Waals surface area (Å²) in [6.45, 7) is 5.25. The number of ether oxygens (including phenoxy) is 1. The van der Waals surface area contributed by atoms with Crippen molar-refractivity contribution in [2.75, 3.05) is 6.61 Å². The minimum absolute atomic E-state index is 0.196. The molecule has 2 heteroatoms. The molecule has 0 radical (unpaired) electrons. The Morgan fingerprint density at radius 2 is 2.17 bits per heavy atom. The molecule has 0 bridgehead atoms. The maximum atomic E-state index is 5.57. The van der Waals surface area contributed by atoms with E-state index in [9.17, 15) is 0 Å². The molecule has 0 spiro atoms. The molecule has 0 aliphatic carbocycles. The molecule has 0 fully saturated rings. The van der Waals surface area contributed by atoms with E-state index in [2.05, 4.69) is 39.9 Å². The number of rotatable bonds is 0. The third-order valence-electron chi connectivity index (χ3n) is 2.45. The van der Waals surface area contributed by atoms with Crippen LogP contribution in [0.25, 0.3) is 0 Å². The molecule has 0 aromatic heterocycles. The van der Waals surface area contributed by atoms with Crippen LogP contribution in [0.3, 0.4) is 0 Å². The van der Waals surface area contributed by atoms with E-state index in [1.807, 2.05) is 0 Å². The van der Waals surface area contributed by atoms with E-state index < -0.39 is 0 Å². The third-order valence-corrected chi connectivity index (χ3v) is 2.45. The lowest BCUT2D eigenvalue weighted by molar-refractivity contribution is 0.291. The lowest BCUT2D eigenvalue weighted by Gasteiger charge is -2.15. The highest BCUT2D eigenvalue weighted by molar-refractivity contribution is 6.32. The molecule has 62 valence electrons. The first-order chi connectivity index (χ1) is 5.59. The molecule has 1 aliphatic heterocycles. The Labute approximate surface area is 74.2 Å². The van der Waals surface area contributed by atoms with Crippen LogP contribution in [0, 0.1) is 0 Å². The van der Waals surface area contributed by atoms with Crippen LogP contribution >= 0.6 is 0 Å². The first-order valence-electron chi connectivity index (χ1n) is 4.33. The molecule has 0 saturated carbocycles. The monoisotopic (exact) mass is 160 g/mol. The van der Waals surface area contributed by atoms with Crippen molar-refractivity contribution < 1.29 is 4.74 Å². The summed E-state index contributed by atoms with van der Waals surface area (Å²) in [6, 6.07) is 6.39. The van der Waals surface area contributed by atoms with Crippen molar-refractivity contribution in [2.24, 2.45) is 0 Å². The Hall–Kier alpha value is -0.915. The van der Waals surface area contributed by atoms with Gasteiger partial charge in [0.1, 0.15) is 13.6 Å². The van der Waals surface area contributed by atoms with E-state index in [1.165, 1.54) is 11.0 Å². The largest absolute Gasteiger partial charge is 0.492 e. The zero-order chi connectivity index (χ0) is 8.77. The van der Waals surface area contributed by atoms with Crippen LogP contribution in [0.2, 0.25) is 0 Å². The van der Waals surface area contributed by atoms with Crippen molar-refractivity contribution in [1.29, 1.82) is 0 Å². The summed E-state index contributed by atoms with van der Waals surface area (Å²) in [7, 11) is 2.12. The maximum absolute atomic E-state index is 5.57. The van der Waals surface area contributed by atoms with Crippen molar-refractivity contribution in [3.8, 4) is 5.75 Å². The number of fused-ring (bicyclic) bond motifs is 1. The van der Waals surface area contributed by atoms with Gasteiger partial charge in [-0.25, -0.2) is 0 Å². The van der Waals surface area contributed by atoms with Gasteiger partial charge in [-0.15, -0.1) is 0 Å². The van der Waals surface area contributed by atoms with Gasteiger partial charge in [0.15, 0.2) is 0 Å². The molecule has 0 saturated heterocycles. The van der Waals surface area contributed by atoms with Crippen LogP contribution in [-0.2, 0) is 5.41 Å². The molecule has 1 aliphatic rings. The number of benzene rings is 1. The van der Waals surface area contributed by atoms with Crippen LogP contribution in [-0.4, -0.2) is 14.5 Å². The second-order valence-electron chi connectivity index (χ2n) is 4.17. The lowest BCUT2D eigenvalue weighted by atomic mass is 9.83.